The highest BCUT2D eigenvalue weighted by Crippen LogP contribution is 2.12. The molecular formula is C9H18N2O. The van der Waals surface area contributed by atoms with Crippen molar-refractivity contribution in [1.82, 2.24) is 10.4 Å². The molecule has 1 atom stereocenters. The van der Waals surface area contributed by atoms with Crippen LogP contribution in [0.25, 0.3) is 0 Å². The van der Waals surface area contributed by atoms with Gasteiger partial charge in [-0.25, -0.2) is 5.48 Å². The predicted octanol–water partition coefficient (Wildman–Crippen LogP) is 0.766. The highest BCUT2D eigenvalue weighted by Gasteiger charge is 2.20. The lowest BCUT2D eigenvalue weighted by molar-refractivity contribution is 0.00974. The molecule has 2 saturated heterocycles. The van der Waals surface area contributed by atoms with E-state index in [-0.39, 0.29) is 0 Å². The van der Waals surface area contributed by atoms with Crippen LogP contribution in [0.4, 0.5) is 0 Å². The molecule has 0 saturated carbocycles. The Morgan fingerprint density at radius 2 is 2.08 bits per heavy atom. The van der Waals surface area contributed by atoms with Crippen molar-refractivity contribution in [1.29, 1.82) is 0 Å². The van der Waals surface area contributed by atoms with Gasteiger partial charge in [0, 0.05) is 13.1 Å². The largest absolute Gasteiger partial charge is 0.301 e. The lowest BCUT2D eigenvalue weighted by Crippen LogP contribution is -2.36. The first-order valence-corrected chi connectivity index (χ1v) is 5.06. The SMILES string of the molecule is C1CCN(CC2CCNO2)CC1. The molecule has 3 heteroatoms. The van der Waals surface area contributed by atoms with Gasteiger partial charge in [-0.1, -0.05) is 6.42 Å². The van der Waals surface area contributed by atoms with Gasteiger partial charge in [0.25, 0.3) is 0 Å². The van der Waals surface area contributed by atoms with Gasteiger partial charge >= 0.3 is 0 Å². The zero-order chi connectivity index (χ0) is 8.23. The number of rotatable bonds is 2. The minimum absolute atomic E-state index is 0.447. The van der Waals surface area contributed by atoms with E-state index in [2.05, 4.69) is 10.4 Å². The molecule has 0 aliphatic carbocycles. The molecule has 3 nitrogen and oxygen atoms in total. The molecule has 0 bridgehead atoms. The maximum absolute atomic E-state index is 5.36. The minimum atomic E-state index is 0.447. The summed E-state index contributed by atoms with van der Waals surface area (Å²) in [5.74, 6) is 0. The molecule has 1 N–H and O–H groups in total. The van der Waals surface area contributed by atoms with Crippen LogP contribution in [-0.2, 0) is 4.84 Å². The Bertz CT molecular complexity index is 128. The Balaban J connectivity index is 1.69. The summed E-state index contributed by atoms with van der Waals surface area (Å²) in [7, 11) is 0. The van der Waals surface area contributed by atoms with E-state index >= 15 is 0 Å². The van der Waals surface area contributed by atoms with Crippen LogP contribution >= 0.6 is 0 Å². The van der Waals surface area contributed by atoms with Gasteiger partial charge in [0.15, 0.2) is 0 Å². The van der Waals surface area contributed by atoms with Gasteiger partial charge in [-0.2, -0.15) is 0 Å². The van der Waals surface area contributed by atoms with Gasteiger partial charge in [0.05, 0.1) is 6.10 Å². The zero-order valence-electron chi connectivity index (χ0n) is 7.59. The van der Waals surface area contributed by atoms with E-state index in [1.807, 2.05) is 0 Å². The maximum atomic E-state index is 5.36. The standard InChI is InChI=1S/C9H18N2O/c1-2-6-11(7-3-1)8-9-4-5-10-12-9/h9-10H,1-8H2. The summed E-state index contributed by atoms with van der Waals surface area (Å²) in [4.78, 5) is 7.89. The predicted molar refractivity (Wildman–Crippen MR) is 47.8 cm³/mol. The molecular weight excluding hydrogens is 152 g/mol. The Hall–Kier alpha value is -0.120. The highest BCUT2D eigenvalue weighted by atomic mass is 16.7. The maximum Gasteiger partial charge on any atom is 0.0929 e. The van der Waals surface area contributed by atoms with Crippen molar-refractivity contribution in [2.75, 3.05) is 26.2 Å². The Morgan fingerprint density at radius 1 is 1.25 bits per heavy atom. The molecule has 0 aromatic heterocycles. The first-order chi connectivity index (χ1) is 5.95. The molecule has 2 heterocycles. The van der Waals surface area contributed by atoms with Crippen LogP contribution in [0.3, 0.4) is 0 Å². The molecule has 2 rings (SSSR count). The number of nitrogens with zero attached hydrogens (tertiary/aromatic N) is 1. The smallest absolute Gasteiger partial charge is 0.0929 e. The number of nitrogens with one attached hydrogen (secondary N) is 1. The van der Waals surface area contributed by atoms with Crippen LogP contribution in [0.5, 0.6) is 0 Å². The van der Waals surface area contributed by atoms with E-state index in [9.17, 15) is 0 Å². The van der Waals surface area contributed by atoms with E-state index in [0.717, 1.165) is 13.1 Å². The minimum Gasteiger partial charge on any atom is -0.301 e. The third-order valence-corrected chi connectivity index (χ3v) is 2.73. The third-order valence-electron chi connectivity index (χ3n) is 2.73. The van der Waals surface area contributed by atoms with Crippen molar-refractivity contribution in [3.63, 3.8) is 0 Å². The Labute approximate surface area is 74.0 Å². The monoisotopic (exact) mass is 170 g/mol. The van der Waals surface area contributed by atoms with Gasteiger partial charge < -0.3 is 4.90 Å². The van der Waals surface area contributed by atoms with Crippen LogP contribution < -0.4 is 5.48 Å². The van der Waals surface area contributed by atoms with Crippen LogP contribution in [-0.4, -0.2) is 37.2 Å². The van der Waals surface area contributed by atoms with E-state index in [1.54, 1.807) is 0 Å². The Kier molecular flexibility index (Phi) is 2.98. The van der Waals surface area contributed by atoms with E-state index in [0.29, 0.717) is 6.10 Å². The van der Waals surface area contributed by atoms with Crippen LogP contribution in [0.2, 0.25) is 0 Å². The third kappa shape index (κ3) is 2.19. The van der Waals surface area contributed by atoms with Crippen molar-refractivity contribution < 1.29 is 4.84 Å². The van der Waals surface area contributed by atoms with Crippen molar-refractivity contribution >= 4 is 0 Å². The van der Waals surface area contributed by atoms with Crippen molar-refractivity contribution in [3.8, 4) is 0 Å². The van der Waals surface area contributed by atoms with Gasteiger partial charge in [0.1, 0.15) is 0 Å². The van der Waals surface area contributed by atoms with Gasteiger partial charge in [-0.15, -0.1) is 0 Å². The number of piperidine rings is 1. The molecule has 12 heavy (non-hydrogen) atoms. The quantitative estimate of drug-likeness (QED) is 0.662. The topological polar surface area (TPSA) is 24.5 Å². The molecule has 0 aromatic carbocycles. The second-order valence-corrected chi connectivity index (χ2v) is 3.78. The summed E-state index contributed by atoms with van der Waals surface area (Å²) in [5.41, 5.74) is 2.94. The van der Waals surface area contributed by atoms with E-state index in [1.165, 1.54) is 38.8 Å². The number of hydrogen-bond acceptors (Lipinski definition) is 3. The lowest BCUT2D eigenvalue weighted by atomic mass is 10.1. The average Bonchev–Trinajstić information content (AvgIpc) is 2.59. The molecule has 1 unspecified atom stereocenters. The van der Waals surface area contributed by atoms with Crippen molar-refractivity contribution in [2.24, 2.45) is 0 Å². The van der Waals surface area contributed by atoms with E-state index in [4.69, 9.17) is 4.84 Å². The molecule has 0 amide bonds. The molecule has 2 aliphatic rings. The summed E-state index contributed by atoms with van der Waals surface area (Å²) < 4.78 is 0. The van der Waals surface area contributed by atoms with Gasteiger partial charge in [-0.3, -0.25) is 4.84 Å². The fourth-order valence-electron chi connectivity index (χ4n) is 2.01. The average molecular weight is 170 g/mol. The van der Waals surface area contributed by atoms with Gasteiger partial charge in [0.2, 0.25) is 0 Å². The zero-order valence-corrected chi connectivity index (χ0v) is 7.59. The first-order valence-electron chi connectivity index (χ1n) is 5.06. The second-order valence-electron chi connectivity index (χ2n) is 3.78. The lowest BCUT2D eigenvalue weighted by Gasteiger charge is -2.28. The van der Waals surface area contributed by atoms with Crippen LogP contribution in [0.1, 0.15) is 25.7 Å². The summed E-state index contributed by atoms with van der Waals surface area (Å²) >= 11 is 0. The summed E-state index contributed by atoms with van der Waals surface area (Å²) in [6.45, 7) is 4.71. The fourth-order valence-corrected chi connectivity index (χ4v) is 2.01. The van der Waals surface area contributed by atoms with Crippen molar-refractivity contribution in [3.05, 3.63) is 0 Å². The molecule has 0 radical (unpaired) electrons. The number of likely N-dealkylation sites (tertiary alicyclic amines) is 1. The number of hydroxylamine groups is 1. The number of hydrogen-bond donors (Lipinski definition) is 1. The van der Waals surface area contributed by atoms with Crippen LogP contribution in [0.15, 0.2) is 0 Å². The van der Waals surface area contributed by atoms with Crippen molar-refractivity contribution in [2.45, 2.75) is 31.8 Å². The Morgan fingerprint density at radius 3 is 2.75 bits per heavy atom. The fraction of sp³-hybridized carbons (Fsp3) is 1.00. The molecule has 0 spiro atoms. The summed E-state index contributed by atoms with van der Waals surface area (Å²) in [5, 5.41) is 0. The molecule has 2 aliphatic heterocycles. The summed E-state index contributed by atoms with van der Waals surface area (Å²) in [6, 6.07) is 0. The van der Waals surface area contributed by atoms with Crippen LogP contribution in [0, 0.1) is 0 Å². The molecule has 70 valence electrons. The normalized spacial score (nSPS) is 32.5. The first kappa shape index (κ1) is 8.48. The molecule has 0 aromatic rings. The van der Waals surface area contributed by atoms with Gasteiger partial charge in [-0.05, 0) is 32.4 Å². The highest BCUT2D eigenvalue weighted by molar-refractivity contribution is 4.72. The van der Waals surface area contributed by atoms with E-state index < -0.39 is 0 Å². The summed E-state index contributed by atoms with van der Waals surface area (Å²) in [6.07, 6.45) is 5.79. The molecule has 2 fully saturated rings. The second kappa shape index (κ2) is 4.21.